The summed E-state index contributed by atoms with van der Waals surface area (Å²) in [4.78, 5) is 16.5. The highest BCUT2D eigenvalue weighted by Crippen LogP contribution is 2.34. The maximum Gasteiger partial charge on any atom is 0.257 e. The fourth-order valence-electron chi connectivity index (χ4n) is 2.27. The molecule has 1 aliphatic heterocycles. The van der Waals surface area contributed by atoms with E-state index in [1.807, 2.05) is 20.8 Å². The Morgan fingerprint density at radius 3 is 2.69 bits per heavy atom. The highest BCUT2D eigenvalue weighted by Gasteiger charge is 2.15. The first kappa shape index (κ1) is 18.0. The van der Waals surface area contributed by atoms with Crippen molar-refractivity contribution in [1.82, 2.24) is 4.98 Å². The number of aromatic nitrogens is 1. The molecule has 0 radical (unpaired) electrons. The van der Waals surface area contributed by atoms with E-state index in [0.29, 0.717) is 41.8 Å². The summed E-state index contributed by atoms with van der Waals surface area (Å²) >= 11 is 0. The normalized spacial score (nSPS) is 12.7. The van der Waals surface area contributed by atoms with Crippen LogP contribution in [0.5, 0.6) is 17.4 Å². The van der Waals surface area contributed by atoms with Crippen LogP contribution in [0.2, 0.25) is 0 Å². The number of hydrogen-bond acceptors (Lipinski definition) is 6. The lowest BCUT2D eigenvalue weighted by Gasteiger charge is -2.19. The van der Waals surface area contributed by atoms with Crippen LogP contribution in [0, 0.1) is 0 Å². The van der Waals surface area contributed by atoms with Gasteiger partial charge in [-0.15, -0.1) is 0 Å². The molecule has 0 fully saturated rings. The van der Waals surface area contributed by atoms with Crippen molar-refractivity contribution in [3.8, 4) is 17.4 Å². The molecule has 7 heteroatoms. The quantitative estimate of drug-likeness (QED) is 0.799. The van der Waals surface area contributed by atoms with Crippen molar-refractivity contribution in [2.45, 2.75) is 26.4 Å². The molecule has 2 aromatic rings. The standard InChI is InChI=1S/C19H22N2O5/c1-19(2,3)26-9-8-23-17-7-4-13(11-20-17)18(22)21-14-5-6-15-16(10-14)25-12-24-15/h4-7,10-11H,8-9,12H2,1-3H3,(H,21,22). The molecule has 0 spiro atoms. The zero-order valence-electron chi connectivity index (χ0n) is 15.1. The first-order valence-corrected chi connectivity index (χ1v) is 8.34. The number of rotatable bonds is 6. The molecule has 1 amide bonds. The van der Waals surface area contributed by atoms with Crippen molar-refractivity contribution in [1.29, 1.82) is 0 Å². The maximum atomic E-state index is 12.3. The molecule has 26 heavy (non-hydrogen) atoms. The summed E-state index contributed by atoms with van der Waals surface area (Å²) in [5, 5.41) is 2.80. The van der Waals surface area contributed by atoms with Gasteiger partial charge in [0.2, 0.25) is 12.7 Å². The third-order valence-electron chi connectivity index (χ3n) is 3.50. The van der Waals surface area contributed by atoms with Crippen LogP contribution in [0.25, 0.3) is 0 Å². The SMILES string of the molecule is CC(C)(C)OCCOc1ccc(C(=O)Nc2ccc3c(c2)OCO3)cn1. The fourth-order valence-corrected chi connectivity index (χ4v) is 2.27. The van der Waals surface area contributed by atoms with Gasteiger partial charge in [-0.2, -0.15) is 0 Å². The predicted molar refractivity (Wildman–Crippen MR) is 96.0 cm³/mol. The molecule has 0 aliphatic carbocycles. The number of pyridine rings is 1. The number of carbonyl (C=O) groups excluding carboxylic acids is 1. The molecule has 0 atom stereocenters. The third-order valence-corrected chi connectivity index (χ3v) is 3.50. The van der Waals surface area contributed by atoms with E-state index in [9.17, 15) is 4.79 Å². The number of nitrogens with zero attached hydrogens (tertiary/aromatic N) is 1. The van der Waals surface area contributed by atoms with Gasteiger partial charge in [-0.3, -0.25) is 4.79 Å². The summed E-state index contributed by atoms with van der Waals surface area (Å²) in [5.41, 5.74) is 0.854. The predicted octanol–water partition coefficient (Wildman–Crippen LogP) is 3.26. The zero-order valence-corrected chi connectivity index (χ0v) is 15.1. The van der Waals surface area contributed by atoms with E-state index in [2.05, 4.69) is 10.3 Å². The largest absolute Gasteiger partial charge is 0.475 e. The molecule has 1 aromatic heterocycles. The lowest BCUT2D eigenvalue weighted by atomic mass is 10.2. The zero-order chi connectivity index (χ0) is 18.6. The average molecular weight is 358 g/mol. The van der Waals surface area contributed by atoms with Crippen LogP contribution in [0.1, 0.15) is 31.1 Å². The number of anilines is 1. The monoisotopic (exact) mass is 358 g/mol. The van der Waals surface area contributed by atoms with Crippen molar-refractivity contribution in [2.75, 3.05) is 25.3 Å². The molecule has 3 rings (SSSR count). The minimum atomic E-state index is -0.265. The molecular formula is C19H22N2O5. The number of fused-ring (bicyclic) bond motifs is 1. The molecule has 1 aromatic carbocycles. The van der Waals surface area contributed by atoms with Gasteiger partial charge < -0.3 is 24.3 Å². The second-order valence-corrected chi connectivity index (χ2v) is 6.72. The lowest BCUT2D eigenvalue weighted by molar-refractivity contribution is -0.0168. The van der Waals surface area contributed by atoms with E-state index in [0.717, 1.165) is 0 Å². The summed E-state index contributed by atoms with van der Waals surface area (Å²) < 4.78 is 21.6. The van der Waals surface area contributed by atoms with Gasteiger partial charge in [-0.25, -0.2) is 4.98 Å². The Labute approximate surface area is 152 Å². The van der Waals surface area contributed by atoms with Gasteiger partial charge in [0.25, 0.3) is 5.91 Å². The number of carbonyl (C=O) groups is 1. The van der Waals surface area contributed by atoms with Gasteiger partial charge in [0.05, 0.1) is 17.8 Å². The van der Waals surface area contributed by atoms with Crippen LogP contribution >= 0.6 is 0 Å². The molecule has 7 nitrogen and oxygen atoms in total. The van der Waals surface area contributed by atoms with Crippen molar-refractivity contribution in [3.63, 3.8) is 0 Å². The van der Waals surface area contributed by atoms with Gasteiger partial charge in [-0.05, 0) is 39.0 Å². The van der Waals surface area contributed by atoms with Crippen LogP contribution in [0.4, 0.5) is 5.69 Å². The Kier molecular flexibility index (Phi) is 5.27. The van der Waals surface area contributed by atoms with Crippen molar-refractivity contribution in [2.24, 2.45) is 0 Å². The summed E-state index contributed by atoms with van der Waals surface area (Å²) in [5.74, 6) is 1.46. The molecule has 0 saturated heterocycles. The second-order valence-electron chi connectivity index (χ2n) is 6.72. The third kappa shape index (κ3) is 4.86. The summed E-state index contributed by atoms with van der Waals surface area (Å²) in [7, 11) is 0. The molecule has 2 heterocycles. The summed E-state index contributed by atoms with van der Waals surface area (Å²) in [6.07, 6.45) is 1.47. The fraction of sp³-hybridized carbons (Fsp3) is 0.368. The van der Waals surface area contributed by atoms with E-state index >= 15 is 0 Å². The van der Waals surface area contributed by atoms with Gasteiger partial charge >= 0.3 is 0 Å². The van der Waals surface area contributed by atoms with Crippen molar-refractivity contribution in [3.05, 3.63) is 42.1 Å². The highest BCUT2D eigenvalue weighted by atomic mass is 16.7. The molecule has 0 saturated carbocycles. The van der Waals surface area contributed by atoms with E-state index < -0.39 is 0 Å². The molecule has 0 bridgehead atoms. The van der Waals surface area contributed by atoms with E-state index in [1.54, 1.807) is 30.3 Å². The van der Waals surface area contributed by atoms with E-state index in [1.165, 1.54) is 6.20 Å². The van der Waals surface area contributed by atoms with Gasteiger partial charge in [0.15, 0.2) is 11.5 Å². The van der Waals surface area contributed by atoms with Crippen LogP contribution < -0.4 is 19.5 Å². The molecule has 1 N–H and O–H groups in total. The first-order valence-electron chi connectivity index (χ1n) is 8.34. The van der Waals surface area contributed by atoms with Crippen molar-refractivity contribution >= 4 is 11.6 Å². The van der Waals surface area contributed by atoms with Crippen molar-refractivity contribution < 1.29 is 23.7 Å². The average Bonchev–Trinajstić information content (AvgIpc) is 3.06. The summed E-state index contributed by atoms with van der Waals surface area (Å²) in [6.45, 7) is 7.01. The molecule has 0 unspecified atom stereocenters. The summed E-state index contributed by atoms with van der Waals surface area (Å²) in [6, 6.07) is 8.56. The van der Waals surface area contributed by atoms with Gasteiger partial charge in [-0.1, -0.05) is 0 Å². The Morgan fingerprint density at radius 1 is 1.15 bits per heavy atom. The Morgan fingerprint density at radius 2 is 1.96 bits per heavy atom. The minimum absolute atomic E-state index is 0.193. The number of ether oxygens (including phenoxy) is 4. The lowest BCUT2D eigenvalue weighted by Crippen LogP contribution is -2.22. The topological polar surface area (TPSA) is 78.9 Å². The van der Waals surface area contributed by atoms with Crippen LogP contribution in [-0.4, -0.2) is 36.5 Å². The molecule has 1 aliphatic rings. The Balaban J connectivity index is 1.52. The van der Waals surface area contributed by atoms with Gasteiger partial charge in [0, 0.05) is 24.0 Å². The highest BCUT2D eigenvalue weighted by molar-refractivity contribution is 6.04. The Hall–Kier alpha value is -2.80. The van der Waals surface area contributed by atoms with E-state index in [-0.39, 0.29) is 18.3 Å². The number of hydrogen-bond donors (Lipinski definition) is 1. The van der Waals surface area contributed by atoms with Crippen LogP contribution in [0.15, 0.2) is 36.5 Å². The molecule has 138 valence electrons. The minimum Gasteiger partial charge on any atom is -0.475 e. The van der Waals surface area contributed by atoms with E-state index in [4.69, 9.17) is 18.9 Å². The van der Waals surface area contributed by atoms with Crippen LogP contribution in [0.3, 0.4) is 0 Å². The molecular weight excluding hydrogens is 336 g/mol. The first-order chi connectivity index (χ1) is 12.4. The smallest absolute Gasteiger partial charge is 0.257 e. The van der Waals surface area contributed by atoms with Gasteiger partial charge in [0.1, 0.15) is 6.61 Å². The number of amides is 1. The van der Waals surface area contributed by atoms with Crippen LogP contribution in [-0.2, 0) is 4.74 Å². The number of nitrogens with one attached hydrogen (secondary N) is 1. The Bertz CT molecular complexity index is 768. The second kappa shape index (κ2) is 7.61. The number of benzene rings is 1. The maximum absolute atomic E-state index is 12.3.